The van der Waals surface area contributed by atoms with Crippen molar-refractivity contribution >= 4 is 51.8 Å². The summed E-state index contributed by atoms with van der Waals surface area (Å²) < 4.78 is 0. The number of fused-ring (bicyclic) bond motifs is 1. The van der Waals surface area contributed by atoms with E-state index in [9.17, 15) is 4.79 Å². The van der Waals surface area contributed by atoms with Gasteiger partial charge in [0.15, 0.2) is 17.0 Å². The zero-order valence-electron chi connectivity index (χ0n) is 27.3. The lowest BCUT2D eigenvalue weighted by atomic mass is 9.81. The van der Waals surface area contributed by atoms with E-state index in [0.717, 1.165) is 60.8 Å². The highest BCUT2D eigenvalue weighted by molar-refractivity contribution is 8.18. The Balaban J connectivity index is 1.30. The molecule has 2 aromatic rings. The minimum absolute atomic E-state index is 0.0200. The molecule has 0 N–H and O–H groups in total. The molecule has 2 aromatic carbocycles. The molecule has 4 heterocycles. The van der Waals surface area contributed by atoms with Crippen LogP contribution in [0.25, 0.3) is 0 Å². The number of halogens is 2. The van der Waals surface area contributed by atoms with Crippen molar-refractivity contribution in [3.05, 3.63) is 80.3 Å². The van der Waals surface area contributed by atoms with Crippen molar-refractivity contribution in [2.24, 2.45) is 10.9 Å². The maximum Gasteiger partial charge on any atom is 0.248 e. The third-order valence-corrected chi connectivity index (χ3v) is 12.5. The molecule has 3 fully saturated rings. The molecule has 1 aliphatic carbocycles. The number of Topliss-reactive ketones (excluding diaryl/α,β-unsaturated/α-hetero) is 1. The number of benzene rings is 2. The van der Waals surface area contributed by atoms with Gasteiger partial charge in [0.25, 0.3) is 0 Å². The van der Waals surface area contributed by atoms with E-state index in [2.05, 4.69) is 61.6 Å². The normalized spacial score (nSPS) is 28.3. The van der Waals surface area contributed by atoms with E-state index in [0.29, 0.717) is 28.0 Å². The molecule has 1 saturated carbocycles. The average molecular weight is 681 g/mol. The van der Waals surface area contributed by atoms with Crippen LogP contribution < -0.4 is 0 Å². The summed E-state index contributed by atoms with van der Waals surface area (Å²) in [6, 6.07) is 15.0. The number of likely N-dealkylation sites (tertiary alicyclic amines) is 1. The fraction of sp³-hybridized carbons (Fsp3) is 0.528. The van der Waals surface area contributed by atoms with Gasteiger partial charge in [-0.2, -0.15) is 0 Å². The molecule has 7 nitrogen and oxygen atoms in total. The predicted octanol–water partition coefficient (Wildman–Crippen LogP) is 6.96. The van der Waals surface area contributed by atoms with E-state index in [1.165, 1.54) is 11.8 Å². The van der Waals surface area contributed by atoms with Gasteiger partial charge in [-0.25, -0.2) is 4.99 Å². The second kappa shape index (κ2) is 12.0. The van der Waals surface area contributed by atoms with E-state index in [-0.39, 0.29) is 35.2 Å². The first-order valence-electron chi connectivity index (χ1n) is 16.6. The summed E-state index contributed by atoms with van der Waals surface area (Å²) >= 11 is 14.1. The highest BCUT2D eigenvalue weighted by atomic mass is 35.5. The van der Waals surface area contributed by atoms with Crippen molar-refractivity contribution < 1.29 is 9.59 Å². The standard InChI is InChI=1S/C36H43Cl2N5O2S/c1-22(2)28-31(30(44)29(42-18-6-7-23(42)3)33(45)41-20-19-40(5)36(21-41)16-17-36)46-34-39-35(4,25-10-14-27(38)15-11-25)32(43(28)34)24-8-12-26(37)13-9-24/h8-15,22-23,29,32H,6-7,16-21H2,1-5H3/t23-,29?,32-,35+/m1/s1. The molecule has 0 radical (unpaired) electrons. The summed E-state index contributed by atoms with van der Waals surface area (Å²) in [4.78, 5) is 44.4. The second-order valence-electron chi connectivity index (χ2n) is 14.2. The fourth-order valence-electron chi connectivity index (χ4n) is 8.06. The lowest BCUT2D eigenvalue weighted by Gasteiger charge is -2.42. The molecule has 0 aromatic heterocycles. The Hall–Kier alpha value is -2.36. The van der Waals surface area contributed by atoms with Crippen molar-refractivity contribution in [1.29, 1.82) is 0 Å². The van der Waals surface area contributed by atoms with Crippen LogP contribution in [0.1, 0.15) is 70.5 Å². The first-order chi connectivity index (χ1) is 21.9. The molecular weight excluding hydrogens is 637 g/mol. The largest absolute Gasteiger partial charge is 0.338 e. The summed E-state index contributed by atoms with van der Waals surface area (Å²) in [6.45, 7) is 11.5. The first kappa shape index (κ1) is 32.2. The molecule has 7 rings (SSSR count). The van der Waals surface area contributed by atoms with Crippen LogP contribution >= 0.6 is 35.0 Å². The van der Waals surface area contributed by atoms with Crippen LogP contribution in [0.2, 0.25) is 10.0 Å². The summed E-state index contributed by atoms with van der Waals surface area (Å²) in [5, 5.41) is 2.13. The van der Waals surface area contributed by atoms with Gasteiger partial charge in [-0.1, -0.05) is 61.3 Å². The van der Waals surface area contributed by atoms with Gasteiger partial charge < -0.3 is 9.80 Å². The van der Waals surface area contributed by atoms with Crippen LogP contribution in [0.5, 0.6) is 0 Å². The average Bonchev–Trinajstić information content (AvgIpc) is 3.36. The van der Waals surface area contributed by atoms with Crippen molar-refractivity contribution in [3.8, 4) is 0 Å². The highest BCUT2D eigenvalue weighted by Gasteiger charge is 2.56. The van der Waals surface area contributed by atoms with Crippen molar-refractivity contribution in [2.45, 2.75) is 82.6 Å². The number of ketones is 1. The van der Waals surface area contributed by atoms with Crippen LogP contribution in [-0.4, -0.2) is 87.3 Å². The zero-order valence-corrected chi connectivity index (χ0v) is 29.6. The van der Waals surface area contributed by atoms with Crippen LogP contribution in [-0.2, 0) is 15.1 Å². The maximum atomic E-state index is 15.0. The molecule has 1 spiro atoms. The van der Waals surface area contributed by atoms with E-state index in [1.54, 1.807) is 0 Å². The summed E-state index contributed by atoms with van der Waals surface area (Å²) in [5.41, 5.74) is 2.47. The number of aliphatic imine (C=N–C) groups is 1. The van der Waals surface area contributed by atoms with Crippen molar-refractivity contribution in [2.75, 3.05) is 33.2 Å². The molecule has 10 heteroatoms. The molecule has 4 atom stereocenters. The Morgan fingerprint density at radius 1 is 0.978 bits per heavy atom. The summed E-state index contributed by atoms with van der Waals surface area (Å²) in [5.74, 6) is -0.105. The van der Waals surface area contributed by atoms with Gasteiger partial charge >= 0.3 is 0 Å². The number of piperazine rings is 1. The fourth-order valence-corrected chi connectivity index (χ4v) is 9.69. The summed E-state index contributed by atoms with van der Waals surface area (Å²) in [6.07, 6.45) is 4.20. The van der Waals surface area contributed by atoms with E-state index in [1.807, 2.05) is 41.3 Å². The number of amides is 1. The van der Waals surface area contributed by atoms with Gasteiger partial charge in [0.05, 0.1) is 10.9 Å². The van der Waals surface area contributed by atoms with E-state index >= 15 is 4.79 Å². The van der Waals surface area contributed by atoms with Gasteiger partial charge in [-0.3, -0.25) is 19.4 Å². The topological polar surface area (TPSA) is 59.5 Å². The number of hydrogen-bond acceptors (Lipinski definition) is 7. The number of rotatable bonds is 7. The van der Waals surface area contributed by atoms with Gasteiger partial charge in [0.2, 0.25) is 5.91 Å². The van der Waals surface area contributed by atoms with Crippen LogP contribution in [0.4, 0.5) is 0 Å². The number of hydrogen-bond donors (Lipinski definition) is 0. The smallest absolute Gasteiger partial charge is 0.248 e. The van der Waals surface area contributed by atoms with Crippen molar-refractivity contribution in [1.82, 2.24) is 19.6 Å². The lowest BCUT2D eigenvalue weighted by molar-refractivity contribution is -0.144. The number of thioether (sulfide) groups is 1. The van der Waals surface area contributed by atoms with E-state index < -0.39 is 11.6 Å². The molecule has 2 saturated heterocycles. The Morgan fingerprint density at radius 3 is 2.22 bits per heavy atom. The number of nitrogens with zero attached hydrogens (tertiary/aromatic N) is 5. The lowest BCUT2D eigenvalue weighted by Crippen LogP contribution is -2.61. The van der Waals surface area contributed by atoms with Gasteiger partial charge in [-0.15, -0.1) is 0 Å². The Bertz CT molecular complexity index is 1600. The van der Waals surface area contributed by atoms with Gasteiger partial charge in [0, 0.05) is 47.0 Å². The monoisotopic (exact) mass is 679 g/mol. The minimum Gasteiger partial charge on any atom is -0.338 e. The van der Waals surface area contributed by atoms with Crippen molar-refractivity contribution in [3.63, 3.8) is 0 Å². The Morgan fingerprint density at radius 2 is 1.63 bits per heavy atom. The number of allylic oxidation sites excluding steroid dienone is 1. The first-order valence-corrected chi connectivity index (χ1v) is 18.1. The quantitative estimate of drug-likeness (QED) is 0.295. The SMILES string of the molecule is CC(C)C1=C(C(=O)C(C(=O)N2CCN(C)C3(CC3)C2)N2CCC[C@H]2C)SC2=N[C@@](C)(c3ccc(Cl)cc3)[C@@H](c3ccc(Cl)cc3)N21. The maximum absolute atomic E-state index is 15.0. The molecule has 1 amide bonds. The number of amidine groups is 1. The molecular formula is C36H43Cl2N5O2S. The van der Waals surface area contributed by atoms with E-state index in [4.69, 9.17) is 28.2 Å². The van der Waals surface area contributed by atoms with Gasteiger partial charge in [-0.05, 0) is 106 Å². The minimum atomic E-state index is -0.829. The molecule has 1 unspecified atom stereocenters. The highest BCUT2D eigenvalue weighted by Crippen LogP contribution is 2.56. The van der Waals surface area contributed by atoms with Gasteiger partial charge in [0.1, 0.15) is 5.54 Å². The number of carbonyl (C=O) groups is 2. The van der Waals surface area contributed by atoms with Crippen LogP contribution in [0, 0.1) is 5.92 Å². The third kappa shape index (κ3) is 5.33. The van der Waals surface area contributed by atoms with Crippen LogP contribution in [0.15, 0.2) is 64.1 Å². The molecule has 244 valence electrons. The van der Waals surface area contributed by atoms with Crippen LogP contribution in [0.3, 0.4) is 0 Å². The number of likely N-dealkylation sites (N-methyl/N-ethyl adjacent to an activating group) is 1. The zero-order chi connectivity index (χ0) is 32.5. The molecule has 0 bridgehead atoms. The second-order valence-corrected chi connectivity index (χ2v) is 16.1. The Labute approximate surface area is 287 Å². The molecule has 5 aliphatic rings. The third-order valence-electron chi connectivity index (χ3n) is 11.0. The predicted molar refractivity (Wildman–Crippen MR) is 187 cm³/mol. The number of carbonyl (C=O) groups excluding carboxylic acids is 2. The Kier molecular flexibility index (Phi) is 8.37. The molecule has 4 aliphatic heterocycles. The molecule has 46 heavy (non-hydrogen) atoms. The summed E-state index contributed by atoms with van der Waals surface area (Å²) in [7, 11) is 2.16.